The molecule has 0 saturated carbocycles. The van der Waals surface area contributed by atoms with Crippen LogP contribution in [0.5, 0.6) is 0 Å². The van der Waals surface area contributed by atoms with Crippen molar-refractivity contribution in [2.45, 2.75) is 42.5 Å². The predicted octanol–water partition coefficient (Wildman–Crippen LogP) is 8.55. The molecule has 14 heteroatoms. The summed E-state index contributed by atoms with van der Waals surface area (Å²) in [6.45, 7) is 16.6. The smallest absolute Gasteiger partial charge is 0.192 e. The van der Waals surface area contributed by atoms with Crippen LogP contribution in [-0.2, 0) is 25.2 Å². The van der Waals surface area contributed by atoms with Gasteiger partial charge < -0.3 is 0 Å². The van der Waals surface area contributed by atoms with E-state index in [-0.39, 0.29) is 22.3 Å². The number of hydrogen-bond donors (Lipinski definition) is 0. The van der Waals surface area contributed by atoms with E-state index in [0.717, 1.165) is 24.3 Å². The number of hydrogen-bond acceptors (Lipinski definition) is 3. The monoisotopic (exact) mass is 682 g/mol. The van der Waals surface area contributed by atoms with Gasteiger partial charge in [0.05, 0.1) is 16.7 Å². The first kappa shape index (κ1) is 33.9. The van der Waals surface area contributed by atoms with Gasteiger partial charge in [-0.1, -0.05) is 42.0 Å². The van der Waals surface area contributed by atoms with Gasteiger partial charge in [0.2, 0.25) is 0 Å². The molecule has 2 aliphatic carbocycles. The van der Waals surface area contributed by atoms with Crippen LogP contribution < -0.4 is 10.4 Å². The molecule has 0 radical (unpaired) electrons. The van der Waals surface area contributed by atoms with Crippen molar-refractivity contribution in [1.29, 1.82) is 10.5 Å². The van der Waals surface area contributed by atoms with Gasteiger partial charge in [0.15, 0.2) is 0 Å². The molecule has 3 aromatic rings. The maximum Gasteiger partial charge on any atom is 0.523 e. The van der Waals surface area contributed by atoms with Gasteiger partial charge >= 0.3 is 23.7 Å². The number of thioether (sulfide) groups is 1. The molecule has 0 aromatic heterocycles. The lowest BCUT2D eigenvalue weighted by Gasteiger charge is -2.19. The van der Waals surface area contributed by atoms with Crippen LogP contribution in [0.2, 0.25) is 0 Å². The number of alkyl halides is 9. The highest BCUT2D eigenvalue weighted by molar-refractivity contribution is 8.00. The summed E-state index contributed by atoms with van der Waals surface area (Å²) in [5.41, 5.74) is -12.3. The molecule has 5 rings (SSSR count). The number of halogens is 9. The van der Waals surface area contributed by atoms with E-state index < -0.39 is 103 Å². The van der Waals surface area contributed by atoms with Crippen LogP contribution in [0.25, 0.3) is 20.8 Å². The molecule has 2 aliphatic rings. The van der Waals surface area contributed by atoms with Gasteiger partial charge in [-0.3, -0.25) is 0 Å². The second-order valence-electron chi connectivity index (χ2n) is 10.6. The zero-order valence-electron chi connectivity index (χ0n) is 24.1. The largest absolute Gasteiger partial charge is 0.523 e. The summed E-state index contributed by atoms with van der Waals surface area (Å²) >= 11 is -0.607. The SMILES string of the molecule is [C-]#[N+]C([N+]#[C-])=C1Cc2c(C(F)(F)F)c3c(c(C(F)(F)F)c2=C1c1cccc(C)c1)CC(=C(C#N)C#N)C=3c1cccc(SC(F)(F)F)c1. The number of nitriles is 2. The van der Waals surface area contributed by atoms with Crippen molar-refractivity contribution in [2.24, 2.45) is 0 Å². The van der Waals surface area contributed by atoms with Gasteiger partial charge in [-0.15, -0.1) is 0 Å². The van der Waals surface area contributed by atoms with Crippen LogP contribution in [-0.4, -0.2) is 5.51 Å². The molecular weight excluding hydrogens is 667 g/mol. The Balaban J connectivity index is 2.16. The van der Waals surface area contributed by atoms with E-state index in [1.165, 1.54) is 30.3 Å². The van der Waals surface area contributed by atoms with Gasteiger partial charge in [0.25, 0.3) is 0 Å². The lowest BCUT2D eigenvalue weighted by atomic mass is 9.90. The van der Waals surface area contributed by atoms with E-state index in [9.17, 15) is 23.7 Å². The minimum Gasteiger partial charge on any atom is -0.192 e. The van der Waals surface area contributed by atoms with Crippen molar-refractivity contribution < 1.29 is 39.5 Å². The molecule has 0 N–H and O–H groups in total. The topological polar surface area (TPSA) is 56.3 Å². The number of benzene rings is 3. The lowest BCUT2D eigenvalue weighted by Crippen LogP contribution is -2.36. The van der Waals surface area contributed by atoms with Gasteiger partial charge in [-0.25, -0.2) is 0 Å². The number of fused-ring (bicyclic) bond motifs is 2. The Morgan fingerprint density at radius 1 is 0.729 bits per heavy atom. The van der Waals surface area contributed by atoms with E-state index in [4.69, 9.17) is 13.1 Å². The fourth-order valence-corrected chi connectivity index (χ4v) is 6.83. The normalized spacial score (nSPS) is 14.1. The van der Waals surface area contributed by atoms with Crippen molar-refractivity contribution in [3.8, 4) is 12.1 Å². The molecule has 0 amide bonds. The highest BCUT2D eigenvalue weighted by Crippen LogP contribution is 2.45. The summed E-state index contributed by atoms with van der Waals surface area (Å²) in [5, 5.41) is 17.5. The molecule has 3 aromatic carbocycles. The summed E-state index contributed by atoms with van der Waals surface area (Å²) < 4.78 is 132. The van der Waals surface area contributed by atoms with Crippen LogP contribution in [0.1, 0.15) is 38.9 Å². The van der Waals surface area contributed by atoms with Gasteiger partial charge in [-0.2, -0.15) is 59.7 Å². The van der Waals surface area contributed by atoms with Crippen LogP contribution in [0.15, 0.2) is 76.0 Å². The molecule has 0 bridgehead atoms. The molecule has 0 atom stereocenters. The fraction of sp³-hybridized carbons (Fsp3) is 0.176. The predicted molar refractivity (Wildman–Crippen MR) is 156 cm³/mol. The van der Waals surface area contributed by atoms with Crippen molar-refractivity contribution >= 4 is 22.9 Å². The zero-order chi connectivity index (χ0) is 35.3. The van der Waals surface area contributed by atoms with E-state index >= 15 is 26.3 Å². The van der Waals surface area contributed by atoms with Gasteiger partial charge in [-0.05, 0) is 86.6 Å². The molecule has 48 heavy (non-hydrogen) atoms. The minimum absolute atomic E-state index is 0.0247. The van der Waals surface area contributed by atoms with Gasteiger partial charge in [0.1, 0.15) is 30.9 Å². The van der Waals surface area contributed by atoms with Crippen molar-refractivity contribution in [3.05, 3.63) is 143 Å². The number of allylic oxidation sites excluding steroid dienone is 3. The highest BCUT2D eigenvalue weighted by atomic mass is 32.2. The van der Waals surface area contributed by atoms with Crippen molar-refractivity contribution in [1.82, 2.24) is 0 Å². The first-order valence-electron chi connectivity index (χ1n) is 13.5. The Labute approximate surface area is 270 Å². The second kappa shape index (κ2) is 12.0. The van der Waals surface area contributed by atoms with Crippen molar-refractivity contribution in [3.63, 3.8) is 0 Å². The summed E-state index contributed by atoms with van der Waals surface area (Å²) in [7, 11) is 0. The average molecular weight is 683 g/mol. The Kier molecular flexibility index (Phi) is 8.46. The average Bonchev–Trinajstić information content (AvgIpc) is 3.54. The lowest BCUT2D eigenvalue weighted by molar-refractivity contribution is -0.143. The Morgan fingerprint density at radius 3 is 1.67 bits per heavy atom. The molecule has 0 saturated heterocycles. The summed E-state index contributed by atoms with van der Waals surface area (Å²) in [6.07, 6.45) is -12.6. The summed E-state index contributed by atoms with van der Waals surface area (Å²) in [4.78, 5) is 5.71. The van der Waals surface area contributed by atoms with Crippen LogP contribution >= 0.6 is 11.8 Å². The number of rotatable bonds is 3. The minimum atomic E-state index is -5.39. The Hall–Kier alpha value is -5.44. The number of nitrogens with zero attached hydrogens (tertiary/aromatic N) is 4. The van der Waals surface area contributed by atoms with E-state index in [0.29, 0.717) is 5.56 Å². The molecule has 0 heterocycles. The summed E-state index contributed by atoms with van der Waals surface area (Å²) in [6, 6.07) is 12.8. The third-order valence-corrected chi connectivity index (χ3v) is 8.48. The standard InChI is InChI=1S/C34H15F9N4S/c1-16-6-4-7-17(10-16)26-24(31(46-2)47-3)13-23-28(26)29(32(35,36)37)22-12-21(19(14-44)15-45)25(27(22)30(23)33(38,39)40)18-8-5-9-20(11-18)48-34(41,42)43/h4-11H,12-13H2,1H3. The molecule has 240 valence electrons. The second-order valence-corrected chi connectivity index (χ2v) is 11.7. The first-order valence-corrected chi connectivity index (χ1v) is 14.3. The zero-order valence-corrected chi connectivity index (χ0v) is 24.9. The quantitative estimate of drug-likeness (QED) is 0.121. The third kappa shape index (κ3) is 5.92. The Bertz CT molecular complexity index is 2250. The molecule has 0 unspecified atom stereocenters. The van der Waals surface area contributed by atoms with Crippen LogP contribution in [0, 0.1) is 42.7 Å². The molecular formula is C34H15F9N4S. The maximum absolute atomic E-state index is 15.4. The molecule has 0 spiro atoms. The first-order chi connectivity index (χ1) is 22.4. The molecule has 4 nitrogen and oxygen atoms in total. The maximum atomic E-state index is 15.4. The fourth-order valence-electron chi connectivity index (χ4n) is 6.23. The summed E-state index contributed by atoms with van der Waals surface area (Å²) in [5.74, 6) is -0.734. The molecule has 0 fully saturated rings. The Morgan fingerprint density at radius 2 is 1.21 bits per heavy atom. The number of aryl methyl sites for hydroxylation is 1. The van der Waals surface area contributed by atoms with E-state index in [2.05, 4.69) is 9.69 Å². The molecule has 0 aliphatic heterocycles. The van der Waals surface area contributed by atoms with Crippen molar-refractivity contribution in [2.75, 3.05) is 0 Å². The van der Waals surface area contributed by atoms with E-state index in [1.54, 1.807) is 13.0 Å². The third-order valence-electron chi connectivity index (χ3n) is 7.75. The van der Waals surface area contributed by atoms with Crippen LogP contribution in [0.3, 0.4) is 0 Å². The highest BCUT2D eigenvalue weighted by Gasteiger charge is 2.48. The van der Waals surface area contributed by atoms with Gasteiger partial charge in [0, 0.05) is 11.3 Å². The van der Waals surface area contributed by atoms with Crippen LogP contribution in [0.4, 0.5) is 39.5 Å². The van der Waals surface area contributed by atoms with E-state index in [1.807, 2.05) is 0 Å².